The van der Waals surface area contributed by atoms with Crippen molar-refractivity contribution in [1.82, 2.24) is 9.55 Å². The van der Waals surface area contributed by atoms with Crippen molar-refractivity contribution in [3.8, 4) is 0 Å². The quantitative estimate of drug-likeness (QED) is 0.454. The average Bonchev–Trinajstić information content (AvgIpc) is 3.25. The highest BCUT2D eigenvalue weighted by atomic mass is 32.2. The molecular weight excluding hydrogens is 402 g/mol. The molecule has 0 bridgehead atoms. The second-order valence-corrected chi connectivity index (χ2v) is 9.90. The van der Waals surface area contributed by atoms with Crippen molar-refractivity contribution < 1.29 is 4.79 Å². The van der Waals surface area contributed by atoms with Crippen molar-refractivity contribution in [3.05, 3.63) is 50.6 Å². The van der Waals surface area contributed by atoms with Crippen molar-refractivity contribution in [1.29, 1.82) is 0 Å². The first kappa shape index (κ1) is 20.2. The Balaban J connectivity index is 1.63. The van der Waals surface area contributed by atoms with E-state index in [1.54, 1.807) is 15.9 Å². The number of rotatable bonds is 6. The fourth-order valence-electron chi connectivity index (χ4n) is 3.75. The second-order valence-electron chi connectivity index (χ2n) is 7.51. The number of nitrogens with one attached hydrogen (secondary N) is 1. The van der Waals surface area contributed by atoms with E-state index in [0.29, 0.717) is 11.7 Å². The third-order valence-electron chi connectivity index (χ3n) is 5.17. The largest absolute Gasteiger partial charge is 0.325 e. The summed E-state index contributed by atoms with van der Waals surface area (Å²) < 4.78 is 1.76. The van der Waals surface area contributed by atoms with Crippen molar-refractivity contribution in [2.24, 2.45) is 0 Å². The lowest BCUT2D eigenvalue weighted by atomic mass is 10.2. The third-order valence-corrected chi connectivity index (χ3v) is 7.45. The van der Waals surface area contributed by atoms with Gasteiger partial charge in [0.05, 0.1) is 10.6 Å². The average molecular weight is 428 g/mol. The van der Waals surface area contributed by atoms with Crippen LogP contribution in [0.2, 0.25) is 0 Å². The highest BCUT2D eigenvalue weighted by Gasteiger charge is 2.25. The van der Waals surface area contributed by atoms with Crippen LogP contribution in [0.4, 0.5) is 5.69 Å². The molecule has 0 fully saturated rings. The van der Waals surface area contributed by atoms with Crippen LogP contribution in [0.5, 0.6) is 0 Å². The van der Waals surface area contributed by atoms with E-state index in [9.17, 15) is 9.59 Å². The van der Waals surface area contributed by atoms with Gasteiger partial charge in [-0.15, -0.1) is 11.3 Å². The Morgan fingerprint density at radius 3 is 2.97 bits per heavy atom. The van der Waals surface area contributed by atoms with Gasteiger partial charge in [-0.1, -0.05) is 30.8 Å². The number of amides is 1. The lowest BCUT2D eigenvalue weighted by Crippen LogP contribution is -2.27. The molecule has 1 N–H and O–H groups in total. The summed E-state index contributed by atoms with van der Waals surface area (Å²) in [6.45, 7) is 6.52. The van der Waals surface area contributed by atoms with Crippen LogP contribution in [0, 0.1) is 6.92 Å². The Bertz CT molecular complexity index is 1130. The molecule has 1 unspecified atom stereocenters. The number of thiophene rings is 1. The number of benzene rings is 1. The van der Waals surface area contributed by atoms with Crippen LogP contribution < -0.4 is 10.9 Å². The first-order valence-electron chi connectivity index (χ1n) is 10.1. The molecule has 29 heavy (non-hydrogen) atoms. The Morgan fingerprint density at radius 2 is 2.21 bits per heavy atom. The summed E-state index contributed by atoms with van der Waals surface area (Å²) in [6, 6.07) is 7.74. The summed E-state index contributed by atoms with van der Waals surface area (Å²) in [6.07, 6.45) is 3.98. The van der Waals surface area contributed by atoms with Gasteiger partial charge in [0.15, 0.2) is 5.16 Å². The van der Waals surface area contributed by atoms with Gasteiger partial charge in [0.1, 0.15) is 4.83 Å². The molecule has 1 aliphatic carbocycles. The zero-order valence-corrected chi connectivity index (χ0v) is 18.6. The van der Waals surface area contributed by atoms with E-state index < -0.39 is 0 Å². The van der Waals surface area contributed by atoms with Gasteiger partial charge in [-0.05, 0) is 62.8 Å². The van der Waals surface area contributed by atoms with Crippen LogP contribution in [0.25, 0.3) is 10.2 Å². The maximum absolute atomic E-state index is 13.3. The SMILES string of the molecule is CCCn1c(SC(C)C(=O)Nc2cccc(C)c2)nc2sc3c(c2c1=O)CCC3. The minimum absolute atomic E-state index is 0.0463. The number of aromatic nitrogens is 2. The van der Waals surface area contributed by atoms with Crippen LogP contribution in [0.15, 0.2) is 34.2 Å². The Morgan fingerprint density at radius 1 is 1.38 bits per heavy atom. The topological polar surface area (TPSA) is 64.0 Å². The van der Waals surface area contributed by atoms with Crippen molar-refractivity contribution in [3.63, 3.8) is 0 Å². The molecule has 3 aromatic rings. The molecule has 1 amide bonds. The van der Waals surface area contributed by atoms with Gasteiger partial charge < -0.3 is 5.32 Å². The smallest absolute Gasteiger partial charge is 0.263 e. The molecule has 5 nitrogen and oxygen atoms in total. The van der Waals surface area contributed by atoms with Gasteiger partial charge in [-0.3, -0.25) is 14.2 Å². The highest BCUT2D eigenvalue weighted by Crippen LogP contribution is 2.36. The molecule has 1 aromatic carbocycles. The number of thioether (sulfide) groups is 1. The maximum atomic E-state index is 13.3. The summed E-state index contributed by atoms with van der Waals surface area (Å²) in [4.78, 5) is 32.9. The predicted molar refractivity (Wildman–Crippen MR) is 121 cm³/mol. The third kappa shape index (κ3) is 3.98. The molecule has 1 atom stereocenters. The van der Waals surface area contributed by atoms with E-state index in [2.05, 4.69) is 12.2 Å². The number of fused-ring (bicyclic) bond motifs is 3. The molecule has 1 aliphatic rings. The van der Waals surface area contributed by atoms with Gasteiger partial charge in [0.25, 0.3) is 5.56 Å². The van der Waals surface area contributed by atoms with Crippen LogP contribution in [0.3, 0.4) is 0 Å². The van der Waals surface area contributed by atoms with Gasteiger partial charge in [0, 0.05) is 17.1 Å². The second kappa shape index (κ2) is 8.32. The standard InChI is InChI=1S/C22H25N3O2S2/c1-4-11-25-21(27)18-16-9-6-10-17(16)29-20(18)24-22(25)28-14(3)19(26)23-15-8-5-7-13(2)12-15/h5,7-8,12,14H,4,6,9-11H2,1-3H3,(H,23,26). The van der Waals surface area contributed by atoms with Crippen LogP contribution in [-0.2, 0) is 24.2 Å². The van der Waals surface area contributed by atoms with Crippen LogP contribution >= 0.6 is 23.1 Å². The van der Waals surface area contributed by atoms with Gasteiger partial charge in [-0.2, -0.15) is 0 Å². The summed E-state index contributed by atoms with van der Waals surface area (Å²) in [5.41, 5.74) is 3.13. The highest BCUT2D eigenvalue weighted by molar-refractivity contribution is 8.00. The predicted octanol–water partition coefficient (Wildman–Crippen LogP) is 4.78. The summed E-state index contributed by atoms with van der Waals surface area (Å²) >= 11 is 3.00. The number of nitrogens with zero attached hydrogens (tertiary/aromatic N) is 2. The number of carbonyl (C=O) groups is 1. The molecule has 7 heteroatoms. The van der Waals surface area contributed by atoms with Gasteiger partial charge in [-0.25, -0.2) is 4.98 Å². The fraction of sp³-hybridized carbons (Fsp3) is 0.409. The number of carbonyl (C=O) groups excluding carboxylic acids is 1. The lowest BCUT2D eigenvalue weighted by molar-refractivity contribution is -0.115. The minimum atomic E-state index is -0.366. The monoisotopic (exact) mass is 427 g/mol. The fourth-order valence-corrected chi connectivity index (χ4v) is 5.98. The zero-order chi connectivity index (χ0) is 20.5. The normalized spacial score (nSPS) is 14.2. The Labute approximate surface area is 178 Å². The van der Waals surface area contributed by atoms with E-state index in [-0.39, 0.29) is 16.7 Å². The molecule has 4 rings (SSSR count). The number of hydrogen-bond donors (Lipinski definition) is 1. The van der Waals surface area contributed by atoms with E-state index in [4.69, 9.17) is 4.98 Å². The number of aryl methyl sites for hydroxylation is 3. The molecule has 0 spiro atoms. The lowest BCUT2D eigenvalue weighted by Gasteiger charge is -2.15. The molecule has 0 radical (unpaired) electrons. The minimum Gasteiger partial charge on any atom is -0.325 e. The number of anilines is 1. The van der Waals surface area contributed by atoms with Crippen molar-refractivity contribution in [2.75, 3.05) is 5.32 Å². The van der Waals surface area contributed by atoms with Gasteiger partial charge >= 0.3 is 0 Å². The summed E-state index contributed by atoms with van der Waals surface area (Å²) in [5, 5.41) is 4.04. The van der Waals surface area contributed by atoms with E-state index in [1.807, 2.05) is 38.1 Å². The van der Waals surface area contributed by atoms with Crippen LogP contribution in [0.1, 0.15) is 42.7 Å². The first-order chi connectivity index (χ1) is 14.0. The summed E-state index contributed by atoms with van der Waals surface area (Å²) in [5.74, 6) is -0.0910. The molecule has 0 saturated heterocycles. The van der Waals surface area contributed by atoms with Crippen molar-refractivity contribution >= 4 is 44.9 Å². The van der Waals surface area contributed by atoms with Gasteiger partial charge in [0.2, 0.25) is 5.91 Å². The molecule has 0 aliphatic heterocycles. The van der Waals surface area contributed by atoms with Crippen LogP contribution in [-0.4, -0.2) is 20.7 Å². The van der Waals surface area contributed by atoms with E-state index in [0.717, 1.165) is 47.2 Å². The maximum Gasteiger partial charge on any atom is 0.263 e. The Kier molecular flexibility index (Phi) is 5.79. The zero-order valence-electron chi connectivity index (χ0n) is 16.9. The molecule has 152 valence electrons. The van der Waals surface area contributed by atoms with Crippen molar-refractivity contribution in [2.45, 2.75) is 63.4 Å². The Hall–Kier alpha value is -2.12. The van der Waals surface area contributed by atoms with E-state index >= 15 is 0 Å². The molecular formula is C22H25N3O2S2. The molecule has 2 heterocycles. The number of hydrogen-bond acceptors (Lipinski definition) is 5. The molecule has 0 saturated carbocycles. The summed E-state index contributed by atoms with van der Waals surface area (Å²) in [7, 11) is 0. The molecule has 2 aromatic heterocycles. The first-order valence-corrected chi connectivity index (χ1v) is 11.8. The van der Waals surface area contributed by atoms with E-state index in [1.165, 1.54) is 22.2 Å².